The van der Waals surface area contributed by atoms with Crippen LogP contribution in [0, 0.1) is 5.92 Å². The van der Waals surface area contributed by atoms with Crippen molar-refractivity contribution in [1.82, 2.24) is 15.1 Å². The molecule has 0 bridgehead atoms. The van der Waals surface area contributed by atoms with Gasteiger partial charge in [-0.05, 0) is 25.9 Å². The van der Waals surface area contributed by atoms with Crippen LogP contribution in [0.4, 0.5) is 5.69 Å². The van der Waals surface area contributed by atoms with Crippen LogP contribution < -0.4 is 10.9 Å². The Balaban J connectivity index is 1.95. The summed E-state index contributed by atoms with van der Waals surface area (Å²) >= 11 is 5.85. The SMILES string of the molecule is CN1CCC(CNc2cn[nH]c(=O)c2Cl)C1. The second kappa shape index (κ2) is 4.84. The van der Waals surface area contributed by atoms with Crippen molar-refractivity contribution >= 4 is 17.3 Å². The summed E-state index contributed by atoms with van der Waals surface area (Å²) < 4.78 is 0. The highest BCUT2D eigenvalue weighted by Crippen LogP contribution is 2.18. The summed E-state index contributed by atoms with van der Waals surface area (Å²) in [4.78, 5) is 13.5. The molecule has 1 saturated heterocycles. The summed E-state index contributed by atoms with van der Waals surface area (Å²) in [6.45, 7) is 3.05. The summed E-state index contributed by atoms with van der Waals surface area (Å²) in [5, 5.41) is 9.36. The van der Waals surface area contributed by atoms with Crippen LogP contribution in [-0.4, -0.2) is 41.8 Å². The highest BCUT2D eigenvalue weighted by atomic mass is 35.5. The predicted molar refractivity (Wildman–Crippen MR) is 64.0 cm³/mol. The van der Waals surface area contributed by atoms with Crippen molar-refractivity contribution in [3.8, 4) is 0 Å². The van der Waals surface area contributed by atoms with Gasteiger partial charge in [0.25, 0.3) is 5.56 Å². The van der Waals surface area contributed by atoms with Gasteiger partial charge in [0.2, 0.25) is 0 Å². The minimum Gasteiger partial charge on any atom is -0.382 e. The van der Waals surface area contributed by atoms with E-state index in [0.29, 0.717) is 11.6 Å². The van der Waals surface area contributed by atoms with Crippen molar-refractivity contribution in [2.45, 2.75) is 6.42 Å². The Kier molecular flexibility index (Phi) is 3.46. The highest BCUT2D eigenvalue weighted by Gasteiger charge is 2.19. The standard InChI is InChI=1S/C10H15ClN4O/c1-15-3-2-7(6-15)4-12-8-5-13-14-10(16)9(8)11/h5,7H,2-4,6H2,1H3,(H2,12,14,16). The molecule has 1 unspecified atom stereocenters. The molecule has 1 aliphatic heterocycles. The largest absolute Gasteiger partial charge is 0.382 e. The molecule has 0 aliphatic carbocycles. The number of anilines is 1. The number of H-pyrrole nitrogens is 1. The van der Waals surface area contributed by atoms with Gasteiger partial charge in [-0.2, -0.15) is 5.10 Å². The molecular weight excluding hydrogens is 228 g/mol. The van der Waals surface area contributed by atoms with Gasteiger partial charge < -0.3 is 10.2 Å². The molecular formula is C10H15ClN4O. The van der Waals surface area contributed by atoms with E-state index in [1.54, 1.807) is 6.20 Å². The normalized spacial score (nSPS) is 21.2. The molecule has 1 aromatic heterocycles. The molecule has 1 atom stereocenters. The van der Waals surface area contributed by atoms with E-state index >= 15 is 0 Å². The highest BCUT2D eigenvalue weighted by molar-refractivity contribution is 6.32. The maximum atomic E-state index is 11.2. The first-order chi connectivity index (χ1) is 7.66. The van der Waals surface area contributed by atoms with E-state index in [0.717, 1.165) is 19.6 Å². The Hall–Kier alpha value is -1.07. The zero-order valence-electron chi connectivity index (χ0n) is 9.16. The fourth-order valence-electron chi connectivity index (χ4n) is 1.95. The van der Waals surface area contributed by atoms with Gasteiger partial charge in [0.05, 0.1) is 11.9 Å². The van der Waals surface area contributed by atoms with Crippen molar-refractivity contribution in [2.24, 2.45) is 5.92 Å². The summed E-state index contributed by atoms with van der Waals surface area (Å²) in [5.41, 5.74) is 0.259. The zero-order chi connectivity index (χ0) is 11.5. The molecule has 16 heavy (non-hydrogen) atoms. The molecule has 0 saturated carbocycles. The summed E-state index contributed by atoms with van der Waals surface area (Å²) in [7, 11) is 2.11. The third-order valence-corrected chi connectivity index (χ3v) is 3.24. The Morgan fingerprint density at radius 1 is 1.75 bits per heavy atom. The number of rotatable bonds is 3. The van der Waals surface area contributed by atoms with Crippen molar-refractivity contribution in [3.05, 3.63) is 21.6 Å². The molecule has 2 N–H and O–H groups in total. The van der Waals surface area contributed by atoms with Gasteiger partial charge in [0.15, 0.2) is 0 Å². The molecule has 5 nitrogen and oxygen atoms in total. The number of aromatic nitrogens is 2. The number of aromatic amines is 1. The van der Waals surface area contributed by atoms with E-state index in [1.165, 1.54) is 6.42 Å². The molecule has 0 amide bonds. The fourth-order valence-corrected chi connectivity index (χ4v) is 2.11. The van der Waals surface area contributed by atoms with Crippen molar-refractivity contribution < 1.29 is 0 Å². The average Bonchev–Trinajstić information content (AvgIpc) is 2.67. The number of nitrogens with one attached hydrogen (secondary N) is 2. The predicted octanol–water partition coefficient (Wildman–Crippen LogP) is 0.787. The van der Waals surface area contributed by atoms with E-state index in [9.17, 15) is 4.79 Å². The quantitative estimate of drug-likeness (QED) is 0.823. The summed E-state index contributed by atoms with van der Waals surface area (Å²) in [5.74, 6) is 0.611. The van der Waals surface area contributed by atoms with Crippen molar-refractivity contribution in [1.29, 1.82) is 0 Å². The van der Waals surface area contributed by atoms with Crippen LogP contribution in [0.5, 0.6) is 0 Å². The van der Waals surface area contributed by atoms with E-state index in [1.807, 2.05) is 0 Å². The van der Waals surface area contributed by atoms with Crippen LogP contribution in [0.15, 0.2) is 11.0 Å². The molecule has 1 fully saturated rings. The number of likely N-dealkylation sites (tertiary alicyclic amines) is 1. The van der Waals surface area contributed by atoms with Gasteiger partial charge in [0.1, 0.15) is 5.02 Å². The van der Waals surface area contributed by atoms with Gasteiger partial charge in [0, 0.05) is 13.1 Å². The van der Waals surface area contributed by atoms with Crippen LogP contribution in [0.2, 0.25) is 5.02 Å². The van der Waals surface area contributed by atoms with Crippen LogP contribution in [-0.2, 0) is 0 Å². The molecule has 2 rings (SSSR count). The van der Waals surface area contributed by atoms with Gasteiger partial charge in [-0.15, -0.1) is 0 Å². The fraction of sp³-hybridized carbons (Fsp3) is 0.600. The third-order valence-electron chi connectivity index (χ3n) is 2.87. The van der Waals surface area contributed by atoms with E-state index in [2.05, 4.69) is 27.5 Å². The number of hydrogen-bond donors (Lipinski definition) is 2. The Morgan fingerprint density at radius 2 is 2.56 bits per heavy atom. The molecule has 1 aliphatic rings. The number of nitrogens with zero attached hydrogens (tertiary/aromatic N) is 2. The number of halogens is 1. The maximum absolute atomic E-state index is 11.2. The maximum Gasteiger partial charge on any atom is 0.285 e. The molecule has 1 aromatic rings. The molecule has 0 radical (unpaired) electrons. The van der Waals surface area contributed by atoms with Gasteiger partial charge in [-0.3, -0.25) is 4.79 Å². The average molecular weight is 243 g/mol. The number of hydrogen-bond acceptors (Lipinski definition) is 4. The molecule has 0 aromatic carbocycles. The summed E-state index contributed by atoms with van der Waals surface area (Å²) in [6.07, 6.45) is 2.72. The molecule has 88 valence electrons. The minimum atomic E-state index is -0.352. The van der Waals surface area contributed by atoms with E-state index in [-0.39, 0.29) is 10.6 Å². The zero-order valence-corrected chi connectivity index (χ0v) is 9.92. The monoisotopic (exact) mass is 242 g/mol. The second-order valence-electron chi connectivity index (χ2n) is 4.22. The van der Waals surface area contributed by atoms with Gasteiger partial charge in [-0.1, -0.05) is 11.6 Å². The van der Waals surface area contributed by atoms with Crippen molar-refractivity contribution in [3.63, 3.8) is 0 Å². The van der Waals surface area contributed by atoms with Gasteiger partial charge >= 0.3 is 0 Å². The van der Waals surface area contributed by atoms with Crippen LogP contribution in [0.25, 0.3) is 0 Å². The van der Waals surface area contributed by atoms with Crippen molar-refractivity contribution in [2.75, 3.05) is 32.0 Å². The van der Waals surface area contributed by atoms with Crippen LogP contribution in [0.3, 0.4) is 0 Å². The lowest BCUT2D eigenvalue weighted by atomic mass is 10.1. The van der Waals surface area contributed by atoms with E-state index < -0.39 is 0 Å². The first kappa shape index (κ1) is 11.4. The first-order valence-electron chi connectivity index (χ1n) is 5.32. The third kappa shape index (κ3) is 2.54. The minimum absolute atomic E-state index is 0.182. The van der Waals surface area contributed by atoms with E-state index in [4.69, 9.17) is 11.6 Å². The molecule has 2 heterocycles. The molecule has 6 heteroatoms. The Labute approximate surface area is 98.8 Å². The molecule has 0 spiro atoms. The van der Waals surface area contributed by atoms with Gasteiger partial charge in [-0.25, -0.2) is 5.10 Å². The lowest BCUT2D eigenvalue weighted by molar-refractivity contribution is 0.399. The Bertz CT molecular complexity index is 420. The second-order valence-corrected chi connectivity index (χ2v) is 4.60. The topological polar surface area (TPSA) is 61.0 Å². The Morgan fingerprint density at radius 3 is 3.25 bits per heavy atom. The van der Waals surface area contributed by atoms with Crippen LogP contribution >= 0.6 is 11.6 Å². The summed E-state index contributed by atoms with van der Waals surface area (Å²) in [6, 6.07) is 0. The van der Waals surface area contributed by atoms with Crippen LogP contribution in [0.1, 0.15) is 6.42 Å². The smallest absolute Gasteiger partial charge is 0.285 e. The lowest BCUT2D eigenvalue weighted by Gasteiger charge is -2.12. The first-order valence-corrected chi connectivity index (χ1v) is 5.70. The lowest BCUT2D eigenvalue weighted by Crippen LogP contribution is -2.20.